The van der Waals surface area contributed by atoms with Crippen molar-refractivity contribution in [1.29, 1.82) is 5.26 Å². The lowest BCUT2D eigenvalue weighted by Crippen LogP contribution is -2.19. The monoisotopic (exact) mass is 280 g/mol. The third kappa shape index (κ3) is 2.34. The zero-order chi connectivity index (χ0) is 11.8. The number of alkyl halides is 3. The lowest BCUT2D eigenvalue weighted by Gasteiger charge is -2.11. The van der Waals surface area contributed by atoms with E-state index in [0.29, 0.717) is 15.9 Å². The Morgan fingerprint density at radius 3 is 2.20 bits per heavy atom. The standard InChI is InChI=1S/C9H8BrF3N2/c1-5-7(3-14)8(10)6(2)15(5)4-9(11,12)13/h4H2,1-2H3. The largest absolute Gasteiger partial charge is 0.406 e. The molecule has 6 heteroatoms. The van der Waals surface area contributed by atoms with Crippen LogP contribution in [0.25, 0.3) is 0 Å². The zero-order valence-corrected chi connectivity index (χ0v) is 9.70. The Hall–Kier alpha value is -0.960. The molecule has 0 amide bonds. The summed E-state index contributed by atoms with van der Waals surface area (Å²) in [6.07, 6.45) is -4.28. The summed E-state index contributed by atoms with van der Waals surface area (Å²) in [4.78, 5) is 0. The molecule has 0 saturated carbocycles. The van der Waals surface area contributed by atoms with Gasteiger partial charge in [0.25, 0.3) is 0 Å². The van der Waals surface area contributed by atoms with Crippen LogP contribution in [0.2, 0.25) is 0 Å². The van der Waals surface area contributed by atoms with Gasteiger partial charge in [-0.25, -0.2) is 0 Å². The predicted octanol–water partition coefficient (Wildman–Crippen LogP) is 3.30. The molecule has 0 aliphatic rings. The highest BCUT2D eigenvalue weighted by Crippen LogP contribution is 2.29. The second-order valence-corrected chi connectivity index (χ2v) is 3.97. The molecule has 15 heavy (non-hydrogen) atoms. The molecule has 0 fully saturated rings. The van der Waals surface area contributed by atoms with Gasteiger partial charge in [0, 0.05) is 11.4 Å². The molecule has 2 nitrogen and oxygen atoms in total. The van der Waals surface area contributed by atoms with Crippen LogP contribution < -0.4 is 0 Å². The summed E-state index contributed by atoms with van der Waals surface area (Å²) in [6, 6.07) is 1.88. The Kier molecular flexibility index (Phi) is 3.14. The average Bonchev–Trinajstić information content (AvgIpc) is 2.28. The number of halogens is 4. The lowest BCUT2D eigenvalue weighted by atomic mass is 10.3. The van der Waals surface area contributed by atoms with Crippen LogP contribution >= 0.6 is 15.9 Å². The lowest BCUT2D eigenvalue weighted by molar-refractivity contribution is -0.141. The highest BCUT2D eigenvalue weighted by Gasteiger charge is 2.30. The molecule has 0 aromatic carbocycles. The molecule has 1 aromatic heterocycles. The van der Waals surface area contributed by atoms with E-state index in [2.05, 4.69) is 15.9 Å². The number of aromatic nitrogens is 1. The fourth-order valence-electron chi connectivity index (χ4n) is 1.39. The number of nitriles is 1. The van der Waals surface area contributed by atoms with E-state index in [9.17, 15) is 13.2 Å². The topological polar surface area (TPSA) is 28.7 Å². The van der Waals surface area contributed by atoms with Crippen molar-refractivity contribution < 1.29 is 13.2 Å². The Balaban J connectivity index is 3.27. The van der Waals surface area contributed by atoms with Crippen molar-refractivity contribution in [2.75, 3.05) is 0 Å². The smallest absolute Gasteiger partial charge is 0.338 e. The molecule has 1 aromatic rings. The number of hydrogen-bond donors (Lipinski definition) is 0. The minimum Gasteiger partial charge on any atom is -0.338 e. The highest BCUT2D eigenvalue weighted by atomic mass is 79.9. The van der Waals surface area contributed by atoms with E-state index >= 15 is 0 Å². The van der Waals surface area contributed by atoms with E-state index in [1.165, 1.54) is 6.92 Å². The van der Waals surface area contributed by atoms with Gasteiger partial charge in [0.05, 0.1) is 10.0 Å². The molecule has 1 rings (SSSR count). The maximum Gasteiger partial charge on any atom is 0.406 e. The fraction of sp³-hybridized carbons (Fsp3) is 0.444. The Morgan fingerprint density at radius 1 is 1.33 bits per heavy atom. The van der Waals surface area contributed by atoms with E-state index in [0.717, 1.165) is 4.57 Å². The summed E-state index contributed by atoms with van der Waals surface area (Å²) in [5.74, 6) is 0. The summed E-state index contributed by atoms with van der Waals surface area (Å²) >= 11 is 3.11. The van der Waals surface area contributed by atoms with Crippen LogP contribution in [0, 0.1) is 25.2 Å². The SMILES string of the molecule is Cc1c(Br)c(C#N)c(C)n1CC(F)(F)F. The van der Waals surface area contributed by atoms with Crippen LogP contribution in [-0.4, -0.2) is 10.7 Å². The fourth-order valence-corrected chi connectivity index (χ4v) is 1.98. The third-order valence-electron chi connectivity index (χ3n) is 2.16. The predicted molar refractivity (Wildman–Crippen MR) is 52.4 cm³/mol. The molecular weight excluding hydrogens is 273 g/mol. The van der Waals surface area contributed by atoms with Crippen LogP contribution in [-0.2, 0) is 6.54 Å². The van der Waals surface area contributed by atoms with Gasteiger partial charge in [-0.15, -0.1) is 0 Å². The normalized spacial score (nSPS) is 11.5. The average molecular weight is 281 g/mol. The Labute approximate surface area is 93.4 Å². The van der Waals surface area contributed by atoms with Gasteiger partial charge in [-0.05, 0) is 29.8 Å². The van der Waals surface area contributed by atoms with Gasteiger partial charge >= 0.3 is 6.18 Å². The minimum atomic E-state index is -4.28. The van der Waals surface area contributed by atoms with Crippen LogP contribution in [0.3, 0.4) is 0 Å². The van der Waals surface area contributed by atoms with E-state index in [1.807, 2.05) is 6.07 Å². The van der Waals surface area contributed by atoms with Gasteiger partial charge < -0.3 is 4.57 Å². The summed E-state index contributed by atoms with van der Waals surface area (Å²) in [5.41, 5.74) is 1.01. The first-order valence-electron chi connectivity index (χ1n) is 4.10. The molecule has 0 bridgehead atoms. The minimum absolute atomic E-state index is 0.261. The zero-order valence-electron chi connectivity index (χ0n) is 8.11. The molecule has 0 unspecified atom stereocenters. The number of rotatable bonds is 1. The van der Waals surface area contributed by atoms with Crippen molar-refractivity contribution >= 4 is 15.9 Å². The van der Waals surface area contributed by atoms with Crippen molar-refractivity contribution in [1.82, 2.24) is 4.57 Å². The van der Waals surface area contributed by atoms with Crippen molar-refractivity contribution in [3.63, 3.8) is 0 Å². The maximum absolute atomic E-state index is 12.2. The van der Waals surface area contributed by atoms with Gasteiger partial charge in [-0.3, -0.25) is 0 Å². The van der Waals surface area contributed by atoms with Gasteiger partial charge in [-0.1, -0.05) is 0 Å². The van der Waals surface area contributed by atoms with Crippen LogP contribution in [0.1, 0.15) is 17.0 Å². The second kappa shape index (κ2) is 3.89. The quantitative estimate of drug-likeness (QED) is 0.776. The molecule has 0 N–H and O–H groups in total. The van der Waals surface area contributed by atoms with E-state index < -0.39 is 12.7 Å². The van der Waals surface area contributed by atoms with Crippen molar-refractivity contribution in [3.05, 3.63) is 21.4 Å². The summed E-state index contributed by atoms with van der Waals surface area (Å²) in [6.45, 7) is 1.98. The van der Waals surface area contributed by atoms with E-state index in [4.69, 9.17) is 5.26 Å². The van der Waals surface area contributed by atoms with Crippen LogP contribution in [0.15, 0.2) is 4.47 Å². The first-order valence-corrected chi connectivity index (χ1v) is 4.89. The molecule has 0 aliphatic heterocycles. The first-order chi connectivity index (χ1) is 6.78. The number of hydrogen-bond acceptors (Lipinski definition) is 1. The second-order valence-electron chi connectivity index (χ2n) is 3.17. The van der Waals surface area contributed by atoms with Crippen LogP contribution in [0.4, 0.5) is 13.2 Å². The van der Waals surface area contributed by atoms with Crippen molar-refractivity contribution in [2.24, 2.45) is 0 Å². The van der Waals surface area contributed by atoms with Gasteiger partial charge in [0.2, 0.25) is 0 Å². The molecule has 82 valence electrons. The van der Waals surface area contributed by atoms with Crippen molar-refractivity contribution in [2.45, 2.75) is 26.6 Å². The van der Waals surface area contributed by atoms with Crippen LogP contribution in [0.5, 0.6) is 0 Å². The Morgan fingerprint density at radius 2 is 1.87 bits per heavy atom. The molecule has 0 spiro atoms. The van der Waals surface area contributed by atoms with Gasteiger partial charge in [0.1, 0.15) is 12.6 Å². The molecular formula is C9H8BrF3N2. The molecule has 0 saturated heterocycles. The summed E-state index contributed by atoms with van der Waals surface area (Å²) in [7, 11) is 0. The van der Waals surface area contributed by atoms with Crippen molar-refractivity contribution in [3.8, 4) is 6.07 Å². The first kappa shape index (κ1) is 12.1. The van der Waals surface area contributed by atoms with Gasteiger partial charge in [-0.2, -0.15) is 18.4 Å². The van der Waals surface area contributed by atoms with E-state index in [1.54, 1.807) is 6.92 Å². The molecule has 0 aliphatic carbocycles. The molecule has 0 atom stereocenters. The summed E-state index contributed by atoms with van der Waals surface area (Å²) in [5, 5.41) is 8.76. The third-order valence-corrected chi connectivity index (χ3v) is 3.13. The maximum atomic E-state index is 12.2. The molecule has 0 radical (unpaired) electrons. The summed E-state index contributed by atoms with van der Waals surface area (Å²) < 4.78 is 38.2. The van der Waals surface area contributed by atoms with Gasteiger partial charge in [0.15, 0.2) is 0 Å². The van der Waals surface area contributed by atoms with E-state index in [-0.39, 0.29) is 5.56 Å². The molecule has 1 heterocycles. The number of nitrogens with zero attached hydrogens (tertiary/aromatic N) is 2. The highest BCUT2D eigenvalue weighted by molar-refractivity contribution is 9.10. The Bertz CT molecular complexity index is 426.